The number of carbonyl (C=O) groups is 1. The molecule has 5 nitrogen and oxygen atoms in total. The molecule has 2 rings (SSSR count). The largest absolute Gasteiger partial charge is 0.348 e. The lowest BCUT2D eigenvalue weighted by molar-refractivity contribution is -0.120. The summed E-state index contributed by atoms with van der Waals surface area (Å²) in [6.45, 7) is 1.49. The third-order valence-corrected chi connectivity index (χ3v) is 5.94. The zero-order valence-corrected chi connectivity index (χ0v) is 14.1. The van der Waals surface area contributed by atoms with Crippen LogP contribution in [-0.4, -0.2) is 20.9 Å². The number of hydrogen-bond acceptors (Lipinski definition) is 4. The molecule has 0 spiro atoms. The highest BCUT2D eigenvalue weighted by Crippen LogP contribution is 2.17. The van der Waals surface area contributed by atoms with Crippen molar-refractivity contribution in [1.82, 2.24) is 10.0 Å². The van der Waals surface area contributed by atoms with Crippen molar-refractivity contribution in [2.75, 3.05) is 6.54 Å². The number of benzene rings is 1. The summed E-state index contributed by atoms with van der Waals surface area (Å²) >= 11 is 7.00. The molecule has 22 heavy (non-hydrogen) atoms. The van der Waals surface area contributed by atoms with E-state index in [-0.39, 0.29) is 16.8 Å². The normalized spacial score (nSPS) is 12.8. The van der Waals surface area contributed by atoms with Crippen LogP contribution >= 0.6 is 22.9 Å². The first-order valence-electron chi connectivity index (χ1n) is 6.46. The van der Waals surface area contributed by atoms with Crippen molar-refractivity contribution in [3.63, 3.8) is 0 Å². The fourth-order valence-electron chi connectivity index (χ4n) is 1.80. The number of halogens is 1. The second kappa shape index (κ2) is 7.23. The van der Waals surface area contributed by atoms with Gasteiger partial charge in [-0.05, 0) is 36.1 Å². The smallest absolute Gasteiger partial charge is 0.250 e. The molecule has 0 saturated carbocycles. The lowest BCUT2D eigenvalue weighted by Gasteiger charge is -2.14. The molecule has 0 aliphatic carbocycles. The highest BCUT2D eigenvalue weighted by atomic mass is 35.5. The fraction of sp³-hybridized carbons (Fsp3) is 0.214. The molecule has 1 aromatic carbocycles. The number of sulfonamides is 1. The van der Waals surface area contributed by atoms with Crippen LogP contribution in [0.1, 0.15) is 18.5 Å². The van der Waals surface area contributed by atoms with Crippen molar-refractivity contribution in [2.24, 2.45) is 0 Å². The van der Waals surface area contributed by atoms with Crippen LogP contribution in [0.2, 0.25) is 5.02 Å². The number of amides is 1. The Hall–Kier alpha value is -1.41. The first kappa shape index (κ1) is 17.0. The molecule has 0 aliphatic rings. The Labute approximate surface area is 138 Å². The van der Waals surface area contributed by atoms with E-state index in [2.05, 4.69) is 10.0 Å². The Morgan fingerprint density at radius 2 is 2.09 bits per heavy atom. The summed E-state index contributed by atoms with van der Waals surface area (Å²) < 4.78 is 26.3. The Morgan fingerprint density at radius 1 is 1.32 bits per heavy atom. The lowest BCUT2D eigenvalue weighted by atomic mass is 10.1. The van der Waals surface area contributed by atoms with Crippen LogP contribution in [-0.2, 0) is 14.8 Å². The van der Waals surface area contributed by atoms with E-state index < -0.39 is 15.9 Å². The molecule has 118 valence electrons. The number of thiophene rings is 1. The number of nitrogens with one attached hydrogen (secondary N) is 2. The molecule has 0 bridgehead atoms. The van der Waals surface area contributed by atoms with Gasteiger partial charge in [-0.3, -0.25) is 4.79 Å². The Kier molecular flexibility index (Phi) is 5.57. The van der Waals surface area contributed by atoms with Gasteiger partial charge in [-0.2, -0.15) is 0 Å². The molecule has 0 aliphatic heterocycles. The van der Waals surface area contributed by atoms with Crippen LogP contribution in [0.25, 0.3) is 0 Å². The van der Waals surface area contributed by atoms with Gasteiger partial charge >= 0.3 is 0 Å². The summed E-state index contributed by atoms with van der Waals surface area (Å²) in [7, 11) is -3.63. The monoisotopic (exact) mass is 358 g/mol. The van der Waals surface area contributed by atoms with Gasteiger partial charge in [0, 0.05) is 5.02 Å². The minimum atomic E-state index is -3.63. The van der Waals surface area contributed by atoms with Gasteiger partial charge in [0.25, 0.3) is 10.0 Å². The van der Waals surface area contributed by atoms with E-state index in [0.717, 1.165) is 16.9 Å². The molecule has 1 atom stereocenters. The maximum atomic E-state index is 11.9. The van der Waals surface area contributed by atoms with Crippen molar-refractivity contribution < 1.29 is 13.2 Å². The number of hydrogen-bond donors (Lipinski definition) is 2. The molecule has 1 unspecified atom stereocenters. The molecule has 1 heterocycles. The van der Waals surface area contributed by atoms with E-state index in [4.69, 9.17) is 11.6 Å². The summed E-state index contributed by atoms with van der Waals surface area (Å²) in [5.74, 6) is -0.410. The van der Waals surface area contributed by atoms with Crippen LogP contribution < -0.4 is 10.0 Å². The third kappa shape index (κ3) is 4.54. The molecular formula is C14H15ClN2O3S2. The van der Waals surface area contributed by atoms with Gasteiger partial charge in [-0.15, -0.1) is 11.3 Å². The first-order chi connectivity index (χ1) is 10.4. The van der Waals surface area contributed by atoms with Crippen LogP contribution in [0, 0.1) is 0 Å². The van der Waals surface area contributed by atoms with Gasteiger partial charge in [-0.25, -0.2) is 13.1 Å². The number of carbonyl (C=O) groups excluding carboxylic acids is 1. The molecule has 1 aromatic heterocycles. The lowest BCUT2D eigenvalue weighted by Crippen LogP contribution is -2.37. The Morgan fingerprint density at radius 3 is 2.73 bits per heavy atom. The van der Waals surface area contributed by atoms with Crippen molar-refractivity contribution in [1.29, 1.82) is 0 Å². The van der Waals surface area contributed by atoms with Crippen LogP contribution in [0.5, 0.6) is 0 Å². The van der Waals surface area contributed by atoms with Gasteiger partial charge in [0.2, 0.25) is 5.91 Å². The van der Waals surface area contributed by atoms with Crippen molar-refractivity contribution >= 4 is 38.9 Å². The van der Waals surface area contributed by atoms with Crippen LogP contribution in [0.4, 0.5) is 0 Å². The van der Waals surface area contributed by atoms with Gasteiger partial charge in [0.05, 0.1) is 12.6 Å². The van der Waals surface area contributed by atoms with E-state index >= 15 is 0 Å². The minimum absolute atomic E-state index is 0.184. The first-order valence-corrected chi connectivity index (χ1v) is 9.20. The number of rotatable bonds is 6. The van der Waals surface area contributed by atoms with Crippen LogP contribution in [0.15, 0.2) is 46.0 Å². The van der Waals surface area contributed by atoms with E-state index in [1.165, 1.54) is 6.07 Å². The van der Waals surface area contributed by atoms with E-state index in [0.29, 0.717) is 5.02 Å². The van der Waals surface area contributed by atoms with Gasteiger partial charge in [0.15, 0.2) is 0 Å². The average molecular weight is 359 g/mol. The molecule has 8 heteroatoms. The summed E-state index contributed by atoms with van der Waals surface area (Å²) in [6.07, 6.45) is 0. The topological polar surface area (TPSA) is 75.3 Å². The molecule has 0 saturated heterocycles. The van der Waals surface area contributed by atoms with Crippen molar-refractivity contribution in [2.45, 2.75) is 17.2 Å². The van der Waals surface area contributed by atoms with Gasteiger partial charge in [-0.1, -0.05) is 29.8 Å². The second-order valence-electron chi connectivity index (χ2n) is 4.60. The molecule has 1 amide bonds. The predicted octanol–water partition coefficient (Wildman–Crippen LogP) is 2.56. The molecular weight excluding hydrogens is 344 g/mol. The summed E-state index contributed by atoms with van der Waals surface area (Å²) in [5, 5.41) is 4.96. The molecule has 0 fully saturated rings. The Bertz CT molecular complexity index is 745. The molecule has 2 N–H and O–H groups in total. The average Bonchev–Trinajstić information content (AvgIpc) is 3.00. The summed E-state index contributed by atoms with van der Waals surface area (Å²) in [6, 6.07) is 9.99. The Balaban J connectivity index is 1.91. The minimum Gasteiger partial charge on any atom is -0.348 e. The van der Waals surface area contributed by atoms with E-state index in [1.54, 1.807) is 36.6 Å². The highest BCUT2D eigenvalue weighted by molar-refractivity contribution is 7.91. The molecule has 2 aromatic rings. The SMILES string of the molecule is CC(NC(=O)CNS(=O)(=O)c1cccs1)c1cccc(Cl)c1. The fourth-order valence-corrected chi connectivity index (χ4v) is 4.02. The van der Waals surface area contributed by atoms with Crippen LogP contribution in [0.3, 0.4) is 0 Å². The quantitative estimate of drug-likeness (QED) is 0.833. The highest BCUT2D eigenvalue weighted by Gasteiger charge is 2.17. The second-order valence-corrected chi connectivity index (χ2v) is 7.98. The summed E-state index contributed by atoms with van der Waals surface area (Å²) in [4.78, 5) is 11.9. The zero-order valence-electron chi connectivity index (χ0n) is 11.7. The summed E-state index contributed by atoms with van der Waals surface area (Å²) in [5.41, 5.74) is 0.849. The van der Waals surface area contributed by atoms with Crippen molar-refractivity contribution in [3.8, 4) is 0 Å². The van der Waals surface area contributed by atoms with Gasteiger partial charge in [0.1, 0.15) is 4.21 Å². The third-order valence-electron chi connectivity index (χ3n) is 2.91. The van der Waals surface area contributed by atoms with E-state index in [9.17, 15) is 13.2 Å². The molecule has 0 radical (unpaired) electrons. The predicted molar refractivity (Wildman–Crippen MR) is 87.5 cm³/mol. The standard InChI is InChI=1S/C14H15ClN2O3S2/c1-10(11-4-2-5-12(15)8-11)17-13(18)9-16-22(19,20)14-6-3-7-21-14/h2-8,10,16H,9H2,1H3,(H,17,18). The zero-order chi connectivity index (χ0) is 16.2. The van der Waals surface area contributed by atoms with E-state index in [1.807, 2.05) is 6.07 Å². The maximum Gasteiger partial charge on any atom is 0.250 e. The van der Waals surface area contributed by atoms with Crippen molar-refractivity contribution in [3.05, 3.63) is 52.4 Å². The van der Waals surface area contributed by atoms with Gasteiger partial charge < -0.3 is 5.32 Å². The maximum absolute atomic E-state index is 11.9.